The lowest BCUT2D eigenvalue weighted by molar-refractivity contribution is -0.119. The van der Waals surface area contributed by atoms with Crippen molar-refractivity contribution in [1.82, 2.24) is 0 Å². The van der Waals surface area contributed by atoms with Crippen molar-refractivity contribution in [2.75, 3.05) is 11.9 Å². The van der Waals surface area contributed by atoms with Crippen LogP contribution >= 0.6 is 0 Å². The zero-order chi connectivity index (χ0) is 16.1. The molecule has 0 radical (unpaired) electrons. The number of benzene rings is 2. The van der Waals surface area contributed by atoms with Gasteiger partial charge in [-0.05, 0) is 24.3 Å². The molecule has 0 fully saturated rings. The van der Waals surface area contributed by atoms with Crippen LogP contribution < -0.4 is 5.32 Å². The molecule has 0 atom stereocenters. The standard InChI is InChI=1S/C15H10F3NO3/c16-10-6-7-11(14(18)13(10)17)19-12(20)8-22-15(21)9-4-2-1-3-5-9/h1-7H,8H2,(H,19,20). The van der Waals surface area contributed by atoms with Crippen molar-refractivity contribution < 1.29 is 27.5 Å². The molecule has 0 heterocycles. The number of carbonyl (C=O) groups excluding carboxylic acids is 2. The molecule has 114 valence electrons. The molecule has 0 aromatic heterocycles. The lowest BCUT2D eigenvalue weighted by atomic mass is 10.2. The second-order valence-electron chi connectivity index (χ2n) is 4.21. The Morgan fingerprint density at radius 3 is 2.32 bits per heavy atom. The van der Waals surface area contributed by atoms with Crippen LogP contribution in [-0.4, -0.2) is 18.5 Å². The zero-order valence-electron chi connectivity index (χ0n) is 11.1. The Hall–Kier alpha value is -2.83. The van der Waals surface area contributed by atoms with Crippen LogP contribution in [0, 0.1) is 17.5 Å². The van der Waals surface area contributed by atoms with Gasteiger partial charge in [0.1, 0.15) is 0 Å². The summed E-state index contributed by atoms with van der Waals surface area (Å²) in [7, 11) is 0. The molecule has 7 heteroatoms. The van der Waals surface area contributed by atoms with E-state index in [1.165, 1.54) is 12.1 Å². The van der Waals surface area contributed by atoms with E-state index in [1.54, 1.807) is 18.2 Å². The SMILES string of the molecule is O=C(COC(=O)c1ccccc1)Nc1ccc(F)c(F)c1F. The van der Waals surface area contributed by atoms with Gasteiger partial charge >= 0.3 is 5.97 Å². The van der Waals surface area contributed by atoms with E-state index >= 15 is 0 Å². The molecule has 1 N–H and O–H groups in total. The molecular formula is C15H10F3NO3. The van der Waals surface area contributed by atoms with E-state index in [4.69, 9.17) is 4.74 Å². The third kappa shape index (κ3) is 3.63. The highest BCUT2D eigenvalue weighted by atomic mass is 19.2. The lowest BCUT2D eigenvalue weighted by Gasteiger charge is -2.08. The largest absolute Gasteiger partial charge is 0.452 e. The van der Waals surface area contributed by atoms with Gasteiger partial charge in [-0.1, -0.05) is 18.2 Å². The maximum Gasteiger partial charge on any atom is 0.338 e. The van der Waals surface area contributed by atoms with E-state index in [-0.39, 0.29) is 5.56 Å². The van der Waals surface area contributed by atoms with E-state index in [1.807, 2.05) is 5.32 Å². The van der Waals surface area contributed by atoms with Crippen LogP contribution in [0.2, 0.25) is 0 Å². The smallest absolute Gasteiger partial charge is 0.338 e. The summed E-state index contributed by atoms with van der Waals surface area (Å²) in [6.45, 7) is -0.688. The van der Waals surface area contributed by atoms with Crippen molar-refractivity contribution in [3.63, 3.8) is 0 Å². The molecular weight excluding hydrogens is 299 g/mol. The number of nitrogens with one attached hydrogen (secondary N) is 1. The number of hydrogen-bond acceptors (Lipinski definition) is 3. The average Bonchev–Trinajstić information content (AvgIpc) is 2.54. The third-order valence-electron chi connectivity index (χ3n) is 2.65. The lowest BCUT2D eigenvalue weighted by Crippen LogP contribution is -2.21. The number of rotatable bonds is 4. The number of hydrogen-bond donors (Lipinski definition) is 1. The van der Waals surface area contributed by atoms with Gasteiger partial charge < -0.3 is 10.1 Å². The molecule has 0 bridgehead atoms. The maximum absolute atomic E-state index is 13.3. The quantitative estimate of drug-likeness (QED) is 0.698. The van der Waals surface area contributed by atoms with E-state index in [0.29, 0.717) is 6.07 Å². The van der Waals surface area contributed by atoms with Crippen molar-refractivity contribution in [3.8, 4) is 0 Å². The van der Waals surface area contributed by atoms with Gasteiger partial charge in [-0.3, -0.25) is 4.79 Å². The fourth-order valence-electron chi connectivity index (χ4n) is 1.60. The Bertz CT molecular complexity index is 705. The topological polar surface area (TPSA) is 55.4 Å². The van der Waals surface area contributed by atoms with Gasteiger partial charge in [0.15, 0.2) is 24.1 Å². The first-order chi connectivity index (χ1) is 10.5. The number of carbonyl (C=O) groups is 2. The predicted molar refractivity (Wildman–Crippen MR) is 71.7 cm³/mol. The molecule has 0 saturated heterocycles. The van der Waals surface area contributed by atoms with Gasteiger partial charge in [0.2, 0.25) is 0 Å². The Kier molecular flexibility index (Phi) is 4.77. The summed E-state index contributed by atoms with van der Waals surface area (Å²) in [6.07, 6.45) is 0. The van der Waals surface area contributed by atoms with Gasteiger partial charge in [-0.25, -0.2) is 18.0 Å². The number of ether oxygens (including phenoxy) is 1. The molecule has 2 aromatic rings. The molecule has 0 aliphatic heterocycles. The average molecular weight is 309 g/mol. The monoisotopic (exact) mass is 309 g/mol. The van der Waals surface area contributed by atoms with Crippen LogP contribution in [0.3, 0.4) is 0 Å². The van der Waals surface area contributed by atoms with Crippen LogP contribution in [0.15, 0.2) is 42.5 Å². The highest BCUT2D eigenvalue weighted by Gasteiger charge is 2.16. The number of halogens is 3. The fourth-order valence-corrected chi connectivity index (χ4v) is 1.60. The summed E-state index contributed by atoms with van der Waals surface area (Å²) in [5.41, 5.74) is -0.297. The molecule has 0 unspecified atom stereocenters. The first kappa shape index (κ1) is 15.6. The van der Waals surface area contributed by atoms with Crippen LogP contribution in [-0.2, 0) is 9.53 Å². The Morgan fingerprint density at radius 1 is 0.955 bits per heavy atom. The van der Waals surface area contributed by atoms with Gasteiger partial charge in [0, 0.05) is 0 Å². The summed E-state index contributed by atoms with van der Waals surface area (Å²) in [4.78, 5) is 23.1. The summed E-state index contributed by atoms with van der Waals surface area (Å²) in [5, 5.41) is 1.99. The van der Waals surface area contributed by atoms with Crippen molar-refractivity contribution >= 4 is 17.6 Å². The number of anilines is 1. The van der Waals surface area contributed by atoms with Gasteiger partial charge in [-0.15, -0.1) is 0 Å². The van der Waals surface area contributed by atoms with Crippen molar-refractivity contribution in [2.24, 2.45) is 0 Å². The van der Waals surface area contributed by atoms with E-state index in [2.05, 4.69) is 0 Å². The molecule has 2 aromatic carbocycles. The highest BCUT2D eigenvalue weighted by molar-refractivity contribution is 5.95. The van der Waals surface area contributed by atoms with Crippen LogP contribution in [0.5, 0.6) is 0 Å². The zero-order valence-corrected chi connectivity index (χ0v) is 11.1. The number of amides is 1. The van der Waals surface area contributed by atoms with Crippen LogP contribution in [0.4, 0.5) is 18.9 Å². The minimum atomic E-state index is -1.70. The third-order valence-corrected chi connectivity index (χ3v) is 2.65. The van der Waals surface area contributed by atoms with Gasteiger partial charge in [0.25, 0.3) is 5.91 Å². The summed E-state index contributed by atoms with van der Waals surface area (Å²) >= 11 is 0. The minimum absolute atomic E-state index is 0.245. The molecule has 0 spiro atoms. The predicted octanol–water partition coefficient (Wildman–Crippen LogP) is 2.90. The molecule has 1 amide bonds. The van der Waals surface area contributed by atoms with Crippen molar-refractivity contribution in [2.45, 2.75) is 0 Å². The normalized spacial score (nSPS) is 10.1. The van der Waals surface area contributed by atoms with Gasteiger partial charge in [0.05, 0.1) is 11.3 Å². The molecule has 22 heavy (non-hydrogen) atoms. The second-order valence-corrected chi connectivity index (χ2v) is 4.21. The molecule has 0 saturated carbocycles. The first-order valence-electron chi connectivity index (χ1n) is 6.14. The first-order valence-corrected chi connectivity index (χ1v) is 6.14. The molecule has 0 aliphatic rings. The van der Waals surface area contributed by atoms with Crippen molar-refractivity contribution in [1.29, 1.82) is 0 Å². The van der Waals surface area contributed by atoms with E-state index in [9.17, 15) is 22.8 Å². The second kappa shape index (κ2) is 6.75. The van der Waals surface area contributed by atoms with E-state index in [0.717, 1.165) is 6.07 Å². The highest BCUT2D eigenvalue weighted by Crippen LogP contribution is 2.19. The Morgan fingerprint density at radius 2 is 1.64 bits per heavy atom. The molecule has 4 nitrogen and oxygen atoms in total. The van der Waals surface area contributed by atoms with Crippen LogP contribution in [0.25, 0.3) is 0 Å². The number of esters is 1. The Labute approximate surface area is 123 Å². The minimum Gasteiger partial charge on any atom is -0.452 e. The van der Waals surface area contributed by atoms with Gasteiger partial charge in [-0.2, -0.15) is 0 Å². The van der Waals surface area contributed by atoms with Crippen molar-refractivity contribution in [3.05, 3.63) is 65.5 Å². The van der Waals surface area contributed by atoms with Crippen LogP contribution in [0.1, 0.15) is 10.4 Å². The maximum atomic E-state index is 13.3. The summed E-state index contributed by atoms with van der Waals surface area (Å²) in [5.74, 6) is -6.21. The Balaban J connectivity index is 1.94. The molecule has 2 rings (SSSR count). The molecule has 0 aliphatic carbocycles. The summed E-state index contributed by atoms with van der Waals surface area (Å²) < 4.78 is 43.8. The summed E-state index contributed by atoms with van der Waals surface area (Å²) in [6, 6.07) is 9.47. The van der Waals surface area contributed by atoms with E-state index < -0.39 is 41.6 Å². The fraction of sp³-hybridized carbons (Fsp3) is 0.0667.